The first kappa shape index (κ1) is 23.0. The molecule has 0 atom stereocenters. The predicted octanol–water partition coefficient (Wildman–Crippen LogP) is 4.68. The SMILES string of the molecule is Cc1ccc(NC(=O)CN2C(=O)S/C(=C\c3cccn3-c3cccc([N+](=O)[O-])c3)C2=O)cc1C. The molecule has 1 aromatic heterocycles. The van der Waals surface area contributed by atoms with Crippen LogP contribution in [-0.2, 0) is 9.59 Å². The Hall–Kier alpha value is -4.18. The summed E-state index contributed by atoms with van der Waals surface area (Å²) in [5.74, 6) is -1.05. The van der Waals surface area contributed by atoms with Crippen LogP contribution in [0, 0.1) is 24.0 Å². The number of aromatic nitrogens is 1. The van der Waals surface area contributed by atoms with Gasteiger partial charge in [-0.25, -0.2) is 0 Å². The zero-order valence-electron chi connectivity index (χ0n) is 18.3. The Morgan fingerprint density at radius 3 is 2.62 bits per heavy atom. The third-order valence-corrected chi connectivity index (χ3v) is 6.25. The number of nitro benzene ring substituents is 1. The smallest absolute Gasteiger partial charge is 0.294 e. The summed E-state index contributed by atoms with van der Waals surface area (Å²) in [4.78, 5) is 49.4. The molecule has 1 aliphatic rings. The predicted molar refractivity (Wildman–Crippen MR) is 130 cm³/mol. The number of benzene rings is 2. The summed E-state index contributed by atoms with van der Waals surface area (Å²) in [5.41, 5.74) is 3.73. The van der Waals surface area contributed by atoms with Gasteiger partial charge in [-0.15, -0.1) is 0 Å². The van der Waals surface area contributed by atoms with Crippen LogP contribution in [0.25, 0.3) is 11.8 Å². The Kier molecular flexibility index (Phi) is 6.33. The van der Waals surface area contributed by atoms with Crippen LogP contribution in [0.1, 0.15) is 16.8 Å². The van der Waals surface area contributed by atoms with Crippen molar-refractivity contribution in [2.75, 3.05) is 11.9 Å². The van der Waals surface area contributed by atoms with Gasteiger partial charge in [0.15, 0.2) is 0 Å². The average molecular weight is 477 g/mol. The monoisotopic (exact) mass is 476 g/mol. The molecular formula is C24H20N4O5S. The summed E-state index contributed by atoms with van der Waals surface area (Å²) >= 11 is 0.742. The van der Waals surface area contributed by atoms with Gasteiger partial charge in [-0.2, -0.15) is 0 Å². The summed E-state index contributed by atoms with van der Waals surface area (Å²) in [6.07, 6.45) is 3.23. The lowest BCUT2D eigenvalue weighted by molar-refractivity contribution is -0.384. The number of non-ortho nitro benzene ring substituents is 1. The van der Waals surface area contributed by atoms with Crippen LogP contribution in [0.15, 0.2) is 65.7 Å². The number of amides is 3. The second-order valence-electron chi connectivity index (χ2n) is 7.70. The van der Waals surface area contributed by atoms with Gasteiger partial charge >= 0.3 is 0 Å². The van der Waals surface area contributed by atoms with E-state index in [1.165, 1.54) is 18.2 Å². The van der Waals surface area contributed by atoms with Gasteiger partial charge in [-0.1, -0.05) is 12.1 Å². The largest absolute Gasteiger partial charge is 0.325 e. The highest BCUT2D eigenvalue weighted by atomic mass is 32.2. The van der Waals surface area contributed by atoms with Gasteiger partial charge in [0.2, 0.25) is 5.91 Å². The lowest BCUT2D eigenvalue weighted by atomic mass is 10.1. The van der Waals surface area contributed by atoms with E-state index < -0.39 is 28.5 Å². The number of anilines is 1. The minimum absolute atomic E-state index is 0.0627. The maximum absolute atomic E-state index is 12.9. The third-order valence-electron chi connectivity index (χ3n) is 5.34. The van der Waals surface area contributed by atoms with Gasteiger partial charge in [0.1, 0.15) is 6.54 Å². The van der Waals surface area contributed by atoms with Crippen LogP contribution in [0.2, 0.25) is 0 Å². The minimum Gasteiger partial charge on any atom is -0.325 e. The Morgan fingerprint density at radius 2 is 1.88 bits per heavy atom. The summed E-state index contributed by atoms with van der Waals surface area (Å²) in [7, 11) is 0. The van der Waals surface area contributed by atoms with Gasteiger partial charge in [-0.3, -0.25) is 29.4 Å². The van der Waals surface area contributed by atoms with Crippen molar-refractivity contribution >= 4 is 46.3 Å². The number of hydrogen-bond acceptors (Lipinski definition) is 6. The first-order valence-electron chi connectivity index (χ1n) is 10.3. The Labute approximate surface area is 199 Å². The van der Waals surface area contributed by atoms with Crippen molar-refractivity contribution in [3.63, 3.8) is 0 Å². The summed E-state index contributed by atoms with van der Waals surface area (Å²) < 4.78 is 1.67. The molecule has 9 nitrogen and oxygen atoms in total. The number of rotatable bonds is 6. The molecule has 10 heteroatoms. The van der Waals surface area contributed by atoms with E-state index in [0.717, 1.165) is 27.8 Å². The summed E-state index contributed by atoms with van der Waals surface area (Å²) in [6.45, 7) is 3.49. The van der Waals surface area contributed by atoms with Crippen LogP contribution < -0.4 is 5.32 Å². The number of hydrogen-bond donors (Lipinski definition) is 1. The molecule has 0 saturated carbocycles. The van der Waals surface area contributed by atoms with Crippen molar-refractivity contribution in [1.29, 1.82) is 0 Å². The zero-order valence-corrected chi connectivity index (χ0v) is 19.2. The molecule has 34 heavy (non-hydrogen) atoms. The number of thioether (sulfide) groups is 1. The van der Waals surface area contributed by atoms with Crippen molar-refractivity contribution in [3.8, 4) is 5.69 Å². The van der Waals surface area contributed by atoms with Gasteiger partial charge < -0.3 is 9.88 Å². The van der Waals surface area contributed by atoms with Gasteiger partial charge in [-0.05, 0) is 73.1 Å². The quantitative estimate of drug-likeness (QED) is 0.314. The number of nitro groups is 1. The topological polar surface area (TPSA) is 115 Å². The van der Waals surface area contributed by atoms with Crippen molar-refractivity contribution in [1.82, 2.24) is 9.47 Å². The maximum Gasteiger partial charge on any atom is 0.294 e. The molecule has 1 aliphatic heterocycles. The highest BCUT2D eigenvalue weighted by molar-refractivity contribution is 8.18. The number of nitrogens with one attached hydrogen (secondary N) is 1. The lowest BCUT2D eigenvalue weighted by Crippen LogP contribution is -2.36. The number of nitrogens with zero attached hydrogens (tertiary/aromatic N) is 3. The number of carbonyl (C=O) groups is 3. The van der Waals surface area contributed by atoms with E-state index >= 15 is 0 Å². The highest BCUT2D eigenvalue weighted by Gasteiger charge is 2.36. The molecule has 0 bridgehead atoms. The standard InChI is InChI=1S/C24H20N4O5S/c1-15-8-9-17(11-16(15)2)25-22(29)14-27-23(30)21(34-24(27)31)13-19-7-4-10-26(19)18-5-3-6-20(12-18)28(32)33/h3-13H,14H2,1-2H3,(H,25,29)/b21-13-. The molecule has 2 aromatic carbocycles. The fraction of sp³-hybridized carbons (Fsp3) is 0.125. The number of imide groups is 1. The molecule has 1 fully saturated rings. The Balaban J connectivity index is 1.51. The molecule has 4 rings (SSSR count). The van der Waals surface area contributed by atoms with E-state index in [1.54, 1.807) is 41.1 Å². The fourth-order valence-electron chi connectivity index (χ4n) is 3.44. The molecule has 2 heterocycles. The van der Waals surface area contributed by atoms with E-state index in [1.807, 2.05) is 26.0 Å². The normalized spacial score (nSPS) is 14.6. The van der Waals surface area contributed by atoms with Crippen LogP contribution in [0.5, 0.6) is 0 Å². The van der Waals surface area contributed by atoms with E-state index in [2.05, 4.69) is 5.32 Å². The first-order chi connectivity index (χ1) is 16.2. The minimum atomic E-state index is -0.572. The number of aryl methyl sites for hydroxylation is 2. The van der Waals surface area contributed by atoms with E-state index in [4.69, 9.17) is 0 Å². The average Bonchev–Trinajstić information content (AvgIpc) is 3.36. The number of carbonyl (C=O) groups excluding carboxylic acids is 3. The molecule has 0 aliphatic carbocycles. The summed E-state index contributed by atoms with van der Waals surface area (Å²) in [5, 5.41) is 13.3. The van der Waals surface area contributed by atoms with Gasteiger partial charge in [0, 0.05) is 29.7 Å². The molecule has 1 saturated heterocycles. The molecule has 172 valence electrons. The second kappa shape index (κ2) is 9.36. The Morgan fingerprint density at radius 1 is 1.09 bits per heavy atom. The third kappa shape index (κ3) is 4.76. The van der Waals surface area contributed by atoms with Gasteiger partial charge in [0.05, 0.1) is 15.5 Å². The molecule has 0 spiro atoms. The van der Waals surface area contributed by atoms with E-state index in [9.17, 15) is 24.5 Å². The molecular weight excluding hydrogens is 456 g/mol. The fourth-order valence-corrected chi connectivity index (χ4v) is 4.26. The maximum atomic E-state index is 12.9. The zero-order chi connectivity index (χ0) is 24.4. The molecule has 1 N–H and O–H groups in total. The second-order valence-corrected chi connectivity index (χ2v) is 8.69. The van der Waals surface area contributed by atoms with Crippen LogP contribution in [0.3, 0.4) is 0 Å². The van der Waals surface area contributed by atoms with Crippen molar-refractivity contribution in [2.45, 2.75) is 13.8 Å². The summed E-state index contributed by atoms with van der Waals surface area (Å²) in [6, 6.07) is 15.0. The van der Waals surface area contributed by atoms with Crippen molar-refractivity contribution in [3.05, 3.63) is 92.6 Å². The first-order valence-corrected chi connectivity index (χ1v) is 11.1. The van der Waals surface area contributed by atoms with Gasteiger partial charge in [0.25, 0.3) is 16.8 Å². The van der Waals surface area contributed by atoms with Crippen molar-refractivity contribution in [2.24, 2.45) is 0 Å². The van der Waals surface area contributed by atoms with Crippen LogP contribution in [0.4, 0.5) is 16.2 Å². The molecule has 3 amide bonds. The van der Waals surface area contributed by atoms with E-state index in [-0.39, 0.29) is 10.6 Å². The molecule has 0 radical (unpaired) electrons. The van der Waals surface area contributed by atoms with Crippen LogP contribution in [-0.4, -0.2) is 38.0 Å². The Bertz CT molecular complexity index is 1360. The molecule has 0 unspecified atom stereocenters. The molecule has 3 aromatic rings. The highest BCUT2D eigenvalue weighted by Crippen LogP contribution is 2.33. The van der Waals surface area contributed by atoms with E-state index in [0.29, 0.717) is 17.1 Å². The lowest BCUT2D eigenvalue weighted by Gasteiger charge is -2.13. The van der Waals surface area contributed by atoms with Crippen LogP contribution >= 0.6 is 11.8 Å². The van der Waals surface area contributed by atoms with Crippen molar-refractivity contribution < 1.29 is 19.3 Å².